The molecule has 7 nitrogen and oxygen atoms in total. The van der Waals surface area contributed by atoms with Crippen molar-refractivity contribution >= 4 is 12.2 Å². The molecule has 0 aliphatic carbocycles. The average molecular weight is 338 g/mol. The molecule has 7 heteroatoms. The summed E-state index contributed by atoms with van der Waals surface area (Å²) in [6, 6.07) is 8.04. The standard InChI is InChI=1S/C17H26N2O5/c1-12(14(10-20)19-16(22)24-17(2,3)4)18-15(21)23-11-13-8-6-5-7-9-13/h5-9,12,14,20H,10-11H2,1-4H3,(H,18,21)(H,19,22)/t12-,14-/m1/s1. The van der Waals surface area contributed by atoms with Gasteiger partial charge in [-0.2, -0.15) is 0 Å². The Morgan fingerprint density at radius 3 is 2.29 bits per heavy atom. The average Bonchev–Trinajstić information content (AvgIpc) is 2.49. The first-order valence-electron chi connectivity index (χ1n) is 7.79. The minimum absolute atomic E-state index is 0.142. The largest absolute Gasteiger partial charge is 0.445 e. The van der Waals surface area contributed by atoms with Crippen LogP contribution in [0.5, 0.6) is 0 Å². The Morgan fingerprint density at radius 2 is 1.75 bits per heavy atom. The highest BCUT2D eigenvalue weighted by Crippen LogP contribution is 2.07. The van der Waals surface area contributed by atoms with Crippen molar-refractivity contribution in [1.82, 2.24) is 10.6 Å². The summed E-state index contributed by atoms with van der Waals surface area (Å²) in [6.45, 7) is 6.67. The third kappa shape index (κ3) is 7.82. The van der Waals surface area contributed by atoms with Gasteiger partial charge in [0.2, 0.25) is 0 Å². The van der Waals surface area contributed by atoms with Gasteiger partial charge in [-0.1, -0.05) is 30.3 Å². The van der Waals surface area contributed by atoms with E-state index in [0.29, 0.717) is 0 Å². The Kier molecular flexibility index (Phi) is 7.51. The molecule has 2 amide bonds. The van der Waals surface area contributed by atoms with E-state index in [2.05, 4.69) is 10.6 Å². The van der Waals surface area contributed by atoms with E-state index in [1.54, 1.807) is 27.7 Å². The molecule has 2 atom stereocenters. The molecule has 1 rings (SSSR count). The molecule has 0 aliphatic rings. The molecule has 3 N–H and O–H groups in total. The molecule has 1 aromatic carbocycles. The Labute approximate surface area is 142 Å². The summed E-state index contributed by atoms with van der Waals surface area (Å²) in [5.41, 5.74) is 0.223. The zero-order chi connectivity index (χ0) is 18.2. The fourth-order valence-corrected chi connectivity index (χ4v) is 1.84. The summed E-state index contributed by atoms with van der Waals surface area (Å²) >= 11 is 0. The Bertz CT molecular complexity index is 528. The summed E-state index contributed by atoms with van der Waals surface area (Å²) in [4.78, 5) is 23.5. The molecule has 0 bridgehead atoms. The van der Waals surface area contributed by atoms with Crippen LogP contribution >= 0.6 is 0 Å². The molecule has 0 fully saturated rings. The van der Waals surface area contributed by atoms with E-state index in [-0.39, 0.29) is 13.2 Å². The van der Waals surface area contributed by atoms with Gasteiger partial charge in [0.25, 0.3) is 0 Å². The highest BCUT2D eigenvalue weighted by atomic mass is 16.6. The highest BCUT2D eigenvalue weighted by Gasteiger charge is 2.24. The first-order chi connectivity index (χ1) is 11.2. The number of hydrogen-bond acceptors (Lipinski definition) is 5. The van der Waals surface area contributed by atoms with Gasteiger partial charge in [0.1, 0.15) is 12.2 Å². The van der Waals surface area contributed by atoms with E-state index in [4.69, 9.17) is 9.47 Å². The van der Waals surface area contributed by atoms with Crippen LogP contribution in [-0.4, -0.2) is 41.6 Å². The highest BCUT2D eigenvalue weighted by molar-refractivity contribution is 5.69. The fraction of sp³-hybridized carbons (Fsp3) is 0.529. The molecule has 0 saturated carbocycles. The molecule has 24 heavy (non-hydrogen) atoms. The quantitative estimate of drug-likeness (QED) is 0.739. The van der Waals surface area contributed by atoms with Crippen LogP contribution in [0.25, 0.3) is 0 Å². The van der Waals surface area contributed by atoms with Gasteiger partial charge >= 0.3 is 12.2 Å². The predicted octanol–water partition coefficient (Wildman–Crippen LogP) is 2.19. The fourth-order valence-electron chi connectivity index (χ4n) is 1.84. The molecule has 134 valence electrons. The second-order valence-electron chi connectivity index (χ2n) is 6.43. The third-order valence-corrected chi connectivity index (χ3v) is 3.06. The van der Waals surface area contributed by atoms with Crippen LogP contribution in [0.3, 0.4) is 0 Å². The van der Waals surface area contributed by atoms with Crippen LogP contribution in [0, 0.1) is 0 Å². The molecular formula is C17H26N2O5. The lowest BCUT2D eigenvalue weighted by Gasteiger charge is -2.26. The van der Waals surface area contributed by atoms with Crippen LogP contribution in [0.2, 0.25) is 0 Å². The van der Waals surface area contributed by atoms with Gasteiger partial charge in [0, 0.05) is 0 Å². The van der Waals surface area contributed by atoms with Crippen LogP contribution in [0.15, 0.2) is 30.3 Å². The van der Waals surface area contributed by atoms with Crippen LogP contribution < -0.4 is 10.6 Å². The molecule has 0 radical (unpaired) electrons. The van der Waals surface area contributed by atoms with Gasteiger partial charge in [-0.3, -0.25) is 0 Å². The van der Waals surface area contributed by atoms with Crippen molar-refractivity contribution in [2.24, 2.45) is 0 Å². The normalized spacial score (nSPS) is 13.5. The first kappa shape index (κ1) is 19.8. The van der Waals surface area contributed by atoms with Crippen LogP contribution in [0.1, 0.15) is 33.3 Å². The molecule has 0 heterocycles. The lowest BCUT2D eigenvalue weighted by atomic mass is 10.1. The number of aliphatic hydroxyl groups is 1. The van der Waals surface area contributed by atoms with E-state index in [1.165, 1.54) is 0 Å². The summed E-state index contributed by atoms with van der Waals surface area (Å²) in [5, 5.41) is 14.5. The van der Waals surface area contributed by atoms with Gasteiger partial charge in [-0.15, -0.1) is 0 Å². The van der Waals surface area contributed by atoms with Crippen molar-refractivity contribution in [1.29, 1.82) is 0 Å². The van der Waals surface area contributed by atoms with Crippen molar-refractivity contribution in [3.63, 3.8) is 0 Å². The Balaban J connectivity index is 2.43. The van der Waals surface area contributed by atoms with Gasteiger partial charge in [0.15, 0.2) is 0 Å². The number of benzene rings is 1. The van der Waals surface area contributed by atoms with E-state index in [1.807, 2.05) is 30.3 Å². The number of aliphatic hydroxyl groups excluding tert-OH is 1. The molecule has 0 spiro atoms. The Morgan fingerprint density at radius 1 is 1.12 bits per heavy atom. The zero-order valence-electron chi connectivity index (χ0n) is 14.5. The second kappa shape index (κ2) is 9.12. The second-order valence-corrected chi connectivity index (χ2v) is 6.43. The number of carbonyl (C=O) groups is 2. The van der Waals surface area contributed by atoms with Gasteiger partial charge in [-0.25, -0.2) is 9.59 Å². The summed E-state index contributed by atoms with van der Waals surface area (Å²) in [7, 11) is 0. The van der Waals surface area contributed by atoms with Crippen molar-refractivity contribution in [2.45, 2.75) is 52.0 Å². The van der Waals surface area contributed by atoms with Crippen molar-refractivity contribution < 1.29 is 24.2 Å². The molecule has 0 unspecified atom stereocenters. The number of rotatable bonds is 6. The minimum Gasteiger partial charge on any atom is -0.445 e. The first-order valence-corrected chi connectivity index (χ1v) is 7.79. The van der Waals surface area contributed by atoms with E-state index >= 15 is 0 Å². The third-order valence-electron chi connectivity index (χ3n) is 3.06. The van der Waals surface area contributed by atoms with Crippen molar-refractivity contribution in [3.05, 3.63) is 35.9 Å². The maximum absolute atomic E-state index is 11.8. The lowest BCUT2D eigenvalue weighted by molar-refractivity contribution is 0.0464. The SMILES string of the molecule is C[C@@H](NC(=O)OCc1ccccc1)[C@@H](CO)NC(=O)OC(C)(C)C. The smallest absolute Gasteiger partial charge is 0.408 e. The molecule has 0 aliphatic heterocycles. The number of ether oxygens (including phenoxy) is 2. The van der Waals surface area contributed by atoms with E-state index in [9.17, 15) is 14.7 Å². The molecule has 0 aromatic heterocycles. The van der Waals surface area contributed by atoms with E-state index < -0.39 is 29.9 Å². The molecular weight excluding hydrogens is 312 g/mol. The number of hydrogen-bond donors (Lipinski definition) is 3. The van der Waals surface area contributed by atoms with Gasteiger partial charge in [-0.05, 0) is 33.3 Å². The molecule has 1 aromatic rings. The van der Waals surface area contributed by atoms with Crippen LogP contribution in [-0.2, 0) is 16.1 Å². The number of nitrogens with one attached hydrogen (secondary N) is 2. The number of amides is 2. The van der Waals surface area contributed by atoms with E-state index in [0.717, 1.165) is 5.56 Å². The lowest BCUT2D eigenvalue weighted by Crippen LogP contribution is -2.53. The number of carbonyl (C=O) groups excluding carboxylic acids is 2. The maximum atomic E-state index is 11.8. The summed E-state index contributed by atoms with van der Waals surface area (Å²) in [6.07, 6.45) is -1.29. The van der Waals surface area contributed by atoms with Crippen molar-refractivity contribution in [2.75, 3.05) is 6.61 Å². The topological polar surface area (TPSA) is 96.9 Å². The molecule has 0 saturated heterocycles. The van der Waals surface area contributed by atoms with Crippen molar-refractivity contribution in [3.8, 4) is 0 Å². The zero-order valence-corrected chi connectivity index (χ0v) is 14.5. The summed E-state index contributed by atoms with van der Waals surface area (Å²) < 4.78 is 10.2. The monoisotopic (exact) mass is 338 g/mol. The predicted molar refractivity (Wildman–Crippen MR) is 89.5 cm³/mol. The maximum Gasteiger partial charge on any atom is 0.408 e. The number of alkyl carbamates (subject to hydrolysis) is 2. The van der Waals surface area contributed by atoms with Crippen LogP contribution in [0.4, 0.5) is 9.59 Å². The van der Waals surface area contributed by atoms with Gasteiger partial charge in [0.05, 0.1) is 18.7 Å². The van der Waals surface area contributed by atoms with Gasteiger partial charge < -0.3 is 25.2 Å². The minimum atomic E-state index is -0.691. The summed E-state index contributed by atoms with van der Waals surface area (Å²) in [5.74, 6) is 0. The Hall–Kier alpha value is -2.28.